The molecule has 1 unspecified atom stereocenters. The van der Waals surface area contributed by atoms with E-state index in [1.165, 1.54) is 24.8 Å². The molecular formula is C17H29N3. The van der Waals surface area contributed by atoms with E-state index in [4.69, 9.17) is 5.73 Å². The van der Waals surface area contributed by atoms with Gasteiger partial charge >= 0.3 is 0 Å². The highest BCUT2D eigenvalue weighted by Crippen LogP contribution is 2.38. The lowest BCUT2D eigenvalue weighted by Gasteiger charge is -2.50. The van der Waals surface area contributed by atoms with E-state index in [9.17, 15) is 0 Å². The zero-order valence-corrected chi connectivity index (χ0v) is 13.2. The number of benzene rings is 1. The molecule has 0 aromatic heterocycles. The van der Waals surface area contributed by atoms with Gasteiger partial charge in [-0.2, -0.15) is 0 Å². The number of nitrogens with zero attached hydrogens (tertiary/aromatic N) is 2. The van der Waals surface area contributed by atoms with Crippen LogP contribution in [0.2, 0.25) is 0 Å². The maximum absolute atomic E-state index is 5.84. The minimum absolute atomic E-state index is 0.371. The first-order valence-corrected chi connectivity index (χ1v) is 7.72. The molecule has 2 N–H and O–H groups in total. The van der Waals surface area contributed by atoms with Crippen LogP contribution in [0.15, 0.2) is 30.3 Å². The predicted octanol–water partition coefficient (Wildman–Crippen LogP) is 2.49. The van der Waals surface area contributed by atoms with Gasteiger partial charge in [0.15, 0.2) is 0 Å². The molecule has 0 amide bonds. The molecule has 1 atom stereocenters. The molecule has 1 aromatic carbocycles. The van der Waals surface area contributed by atoms with Crippen molar-refractivity contribution in [3.63, 3.8) is 0 Å². The predicted molar refractivity (Wildman–Crippen MR) is 85.8 cm³/mol. The molecule has 1 fully saturated rings. The summed E-state index contributed by atoms with van der Waals surface area (Å²) in [5, 5.41) is 0. The van der Waals surface area contributed by atoms with Crippen LogP contribution in [0.5, 0.6) is 0 Å². The lowest BCUT2D eigenvalue weighted by atomic mass is 9.75. The van der Waals surface area contributed by atoms with E-state index in [1.54, 1.807) is 0 Å². The molecule has 0 spiro atoms. The second-order valence-corrected chi connectivity index (χ2v) is 6.39. The molecule has 2 rings (SSSR count). The molecular weight excluding hydrogens is 246 g/mol. The van der Waals surface area contributed by atoms with Crippen LogP contribution in [0.3, 0.4) is 0 Å². The number of hydrogen-bond donors (Lipinski definition) is 1. The van der Waals surface area contributed by atoms with Crippen LogP contribution in [-0.2, 0) is 0 Å². The number of rotatable bonds is 7. The first-order chi connectivity index (χ1) is 9.59. The highest BCUT2D eigenvalue weighted by molar-refractivity contribution is 5.19. The van der Waals surface area contributed by atoms with Crippen LogP contribution in [0.4, 0.5) is 0 Å². The molecule has 1 saturated carbocycles. The van der Waals surface area contributed by atoms with Crippen molar-refractivity contribution >= 4 is 0 Å². The smallest absolute Gasteiger partial charge is 0.0357 e. The van der Waals surface area contributed by atoms with Crippen LogP contribution >= 0.6 is 0 Å². The lowest BCUT2D eigenvalue weighted by molar-refractivity contribution is 0.0149. The quantitative estimate of drug-likeness (QED) is 0.830. The third-order valence-corrected chi connectivity index (χ3v) is 4.93. The van der Waals surface area contributed by atoms with Crippen molar-refractivity contribution in [2.24, 2.45) is 5.73 Å². The topological polar surface area (TPSA) is 32.5 Å². The second-order valence-electron chi connectivity index (χ2n) is 6.39. The molecule has 0 bridgehead atoms. The molecule has 0 radical (unpaired) electrons. The van der Waals surface area contributed by atoms with Gasteiger partial charge in [-0.25, -0.2) is 0 Å². The van der Waals surface area contributed by atoms with Crippen molar-refractivity contribution in [2.75, 3.05) is 34.2 Å². The molecule has 3 nitrogen and oxygen atoms in total. The summed E-state index contributed by atoms with van der Waals surface area (Å²) in [4.78, 5) is 4.92. The zero-order valence-electron chi connectivity index (χ0n) is 13.2. The van der Waals surface area contributed by atoms with Gasteiger partial charge in [-0.3, -0.25) is 4.90 Å². The van der Waals surface area contributed by atoms with Crippen molar-refractivity contribution in [3.05, 3.63) is 35.9 Å². The molecule has 0 aliphatic heterocycles. The molecule has 20 heavy (non-hydrogen) atoms. The van der Waals surface area contributed by atoms with Crippen molar-refractivity contribution < 1.29 is 0 Å². The summed E-state index contributed by atoms with van der Waals surface area (Å²) in [5.74, 6) is 0. The zero-order chi connectivity index (χ0) is 14.6. The third-order valence-electron chi connectivity index (χ3n) is 4.93. The highest BCUT2D eigenvalue weighted by Gasteiger charge is 2.40. The van der Waals surface area contributed by atoms with Crippen LogP contribution in [-0.4, -0.2) is 49.6 Å². The molecule has 1 aromatic rings. The van der Waals surface area contributed by atoms with E-state index in [0.29, 0.717) is 11.6 Å². The van der Waals surface area contributed by atoms with Gasteiger partial charge < -0.3 is 10.6 Å². The molecule has 0 saturated heterocycles. The minimum Gasteiger partial charge on any atom is -0.330 e. The van der Waals surface area contributed by atoms with Crippen LogP contribution < -0.4 is 5.73 Å². The van der Waals surface area contributed by atoms with Gasteiger partial charge in [0.1, 0.15) is 0 Å². The second kappa shape index (κ2) is 6.70. The highest BCUT2D eigenvalue weighted by atomic mass is 15.2. The lowest BCUT2D eigenvalue weighted by Crippen LogP contribution is -2.57. The summed E-state index contributed by atoms with van der Waals surface area (Å²) < 4.78 is 0. The van der Waals surface area contributed by atoms with E-state index < -0.39 is 0 Å². The van der Waals surface area contributed by atoms with E-state index in [1.807, 2.05) is 0 Å². The Bertz CT molecular complexity index is 398. The maximum Gasteiger partial charge on any atom is 0.0357 e. The fraction of sp³-hybridized carbons (Fsp3) is 0.647. The Labute approximate surface area is 123 Å². The summed E-state index contributed by atoms with van der Waals surface area (Å²) in [6.45, 7) is 1.86. The summed E-state index contributed by atoms with van der Waals surface area (Å²) in [7, 11) is 6.68. The fourth-order valence-corrected chi connectivity index (χ4v) is 3.38. The number of nitrogens with two attached hydrogens (primary N) is 1. The summed E-state index contributed by atoms with van der Waals surface area (Å²) in [5.41, 5.74) is 7.59. The third kappa shape index (κ3) is 3.22. The first kappa shape index (κ1) is 15.5. The number of hydrogen-bond acceptors (Lipinski definition) is 3. The molecule has 0 heterocycles. The Balaban J connectivity index is 2.09. The maximum atomic E-state index is 5.84. The van der Waals surface area contributed by atoms with Crippen molar-refractivity contribution in [1.82, 2.24) is 9.80 Å². The van der Waals surface area contributed by atoms with E-state index in [2.05, 4.69) is 61.3 Å². The Kier molecular flexibility index (Phi) is 5.19. The van der Waals surface area contributed by atoms with Crippen LogP contribution in [0.25, 0.3) is 0 Å². The summed E-state index contributed by atoms with van der Waals surface area (Å²) in [6, 6.07) is 11.2. The summed E-state index contributed by atoms with van der Waals surface area (Å²) in [6.07, 6.45) is 5.01. The van der Waals surface area contributed by atoms with Gasteiger partial charge in [-0.05, 0) is 58.9 Å². The van der Waals surface area contributed by atoms with Crippen molar-refractivity contribution in [1.29, 1.82) is 0 Å². The van der Waals surface area contributed by atoms with Crippen LogP contribution in [0, 0.1) is 0 Å². The Hall–Kier alpha value is -0.900. The average Bonchev–Trinajstić information content (AvgIpc) is 2.40. The van der Waals surface area contributed by atoms with Gasteiger partial charge in [-0.1, -0.05) is 30.3 Å². The van der Waals surface area contributed by atoms with E-state index in [-0.39, 0.29) is 0 Å². The van der Waals surface area contributed by atoms with Gasteiger partial charge in [-0.15, -0.1) is 0 Å². The van der Waals surface area contributed by atoms with E-state index >= 15 is 0 Å². The van der Waals surface area contributed by atoms with Crippen molar-refractivity contribution in [2.45, 2.75) is 37.3 Å². The molecule has 1 aliphatic carbocycles. The standard InChI is InChI=1S/C17H29N3/c1-19(2)17(11-7-12-17)14-20(3)16(10-13-18)15-8-5-4-6-9-15/h4-6,8-9,16H,7,10-14,18H2,1-3H3. The molecule has 1 aliphatic rings. The molecule has 3 heteroatoms. The fourth-order valence-electron chi connectivity index (χ4n) is 3.38. The van der Waals surface area contributed by atoms with Crippen LogP contribution in [0.1, 0.15) is 37.3 Å². The van der Waals surface area contributed by atoms with Gasteiger partial charge in [0, 0.05) is 18.1 Å². The monoisotopic (exact) mass is 275 g/mol. The number of likely N-dealkylation sites (N-methyl/N-ethyl adjacent to an activating group) is 2. The largest absolute Gasteiger partial charge is 0.330 e. The minimum atomic E-state index is 0.371. The Morgan fingerprint density at radius 2 is 1.80 bits per heavy atom. The normalized spacial score (nSPS) is 19.1. The SMILES string of the molecule is CN(CC1(N(C)C)CCC1)C(CCN)c1ccccc1. The van der Waals surface area contributed by atoms with E-state index in [0.717, 1.165) is 19.5 Å². The van der Waals surface area contributed by atoms with Gasteiger partial charge in [0.25, 0.3) is 0 Å². The average molecular weight is 275 g/mol. The summed E-state index contributed by atoms with van der Waals surface area (Å²) >= 11 is 0. The Morgan fingerprint density at radius 3 is 2.25 bits per heavy atom. The van der Waals surface area contributed by atoms with Gasteiger partial charge in [0.05, 0.1) is 0 Å². The first-order valence-electron chi connectivity index (χ1n) is 7.72. The molecule has 112 valence electrons. The Morgan fingerprint density at radius 1 is 1.15 bits per heavy atom. The van der Waals surface area contributed by atoms with Gasteiger partial charge in [0.2, 0.25) is 0 Å². The van der Waals surface area contributed by atoms with Crippen molar-refractivity contribution in [3.8, 4) is 0 Å².